The Morgan fingerprint density at radius 2 is 2.21 bits per heavy atom. The Bertz CT molecular complexity index is 345. The van der Waals surface area contributed by atoms with E-state index in [1.54, 1.807) is 0 Å². The van der Waals surface area contributed by atoms with Gasteiger partial charge in [0, 0.05) is 25.5 Å². The number of nitrogens with zero attached hydrogens (tertiary/aromatic N) is 2. The molecule has 1 N–H and O–H groups in total. The summed E-state index contributed by atoms with van der Waals surface area (Å²) in [5, 5.41) is 3.38. The van der Waals surface area contributed by atoms with E-state index in [4.69, 9.17) is 4.74 Å². The fraction of sp³-hybridized carbons (Fsp3) is 0.800. The molecule has 0 saturated heterocycles. The zero-order valence-corrected chi connectivity index (χ0v) is 12.1. The molecule has 1 aliphatic rings. The number of imidazole rings is 1. The lowest BCUT2D eigenvalue weighted by molar-refractivity contribution is 0.0243. The SMILES string of the molecule is CCCCNc1nccn1CCOC1CCCCC1. The second-order valence-electron chi connectivity index (χ2n) is 5.36. The lowest BCUT2D eigenvalue weighted by Crippen LogP contribution is -2.19. The molecule has 0 atom stereocenters. The zero-order valence-electron chi connectivity index (χ0n) is 12.1. The quantitative estimate of drug-likeness (QED) is 0.732. The van der Waals surface area contributed by atoms with Gasteiger partial charge in [0.2, 0.25) is 5.95 Å². The number of rotatable bonds is 8. The zero-order chi connectivity index (χ0) is 13.3. The lowest BCUT2D eigenvalue weighted by atomic mass is 9.98. The Labute approximate surface area is 116 Å². The highest BCUT2D eigenvalue weighted by Gasteiger charge is 2.13. The van der Waals surface area contributed by atoms with Crippen LogP contribution in [0, 0.1) is 0 Å². The smallest absolute Gasteiger partial charge is 0.202 e. The van der Waals surface area contributed by atoms with Crippen molar-refractivity contribution < 1.29 is 4.74 Å². The van der Waals surface area contributed by atoms with Crippen molar-refractivity contribution in [2.24, 2.45) is 0 Å². The van der Waals surface area contributed by atoms with E-state index in [1.807, 2.05) is 12.4 Å². The first-order chi connectivity index (χ1) is 9.40. The van der Waals surface area contributed by atoms with Gasteiger partial charge in [-0.05, 0) is 19.3 Å². The van der Waals surface area contributed by atoms with Crippen LogP contribution in [0.1, 0.15) is 51.9 Å². The Balaban J connectivity index is 1.68. The van der Waals surface area contributed by atoms with Gasteiger partial charge in [-0.15, -0.1) is 0 Å². The molecule has 19 heavy (non-hydrogen) atoms. The predicted octanol–water partition coefficient (Wildman–Crippen LogP) is 3.44. The maximum absolute atomic E-state index is 5.96. The molecule has 108 valence electrons. The van der Waals surface area contributed by atoms with E-state index in [1.165, 1.54) is 44.9 Å². The van der Waals surface area contributed by atoms with E-state index < -0.39 is 0 Å². The van der Waals surface area contributed by atoms with E-state index in [9.17, 15) is 0 Å². The highest BCUT2D eigenvalue weighted by Crippen LogP contribution is 2.20. The van der Waals surface area contributed by atoms with Crippen molar-refractivity contribution in [2.75, 3.05) is 18.5 Å². The second-order valence-corrected chi connectivity index (χ2v) is 5.36. The van der Waals surface area contributed by atoms with Gasteiger partial charge in [0.1, 0.15) is 0 Å². The summed E-state index contributed by atoms with van der Waals surface area (Å²) in [6.45, 7) is 4.89. The summed E-state index contributed by atoms with van der Waals surface area (Å²) in [6.07, 6.45) is 13.3. The maximum Gasteiger partial charge on any atom is 0.202 e. The van der Waals surface area contributed by atoms with Crippen LogP contribution in [-0.4, -0.2) is 28.8 Å². The average molecular weight is 265 g/mol. The van der Waals surface area contributed by atoms with Gasteiger partial charge in [-0.3, -0.25) is 0 Å². The van der Waals surface area contributed by atoms with Crippen LogP contribution in [0.25, 0.3) is 0 Å². The number of unbranched alkanes of at least 4 members (excludes halogenated alkanes) is 1. The molecule has 4 heteroatoms. The highest BCUT2D eigenvalue weighted by molar-refractivity contribution is 5.25. The molecule has 1 aliphatic carbocycles. The van der Waals surface area contributed by atoms with E-state index in [-0.39, 0.29) is 0 Å². The Morgan fingerprint density at radius 3 is 3.00 bits per heavy atom. The van der Waals surface area contributed by atoms with E-state index >= 15 is 0 Å². The standard InChI is InChI=1S/C15H27N3O/c1-2-3-9-16-15-17-10-11-18(15)12-13-19-14-7-5-4-6-8-14/h10-11,14H,2-9,12-13H2,1H3,(H,16,17). The summed E-state index contributed by atoms with van der Waals surface area (Å²) >= 11 is 0. The topological polar surface area (TPSA) is 39.1 Å². The number of hydrogen-bond acceptors (Lipinski definition) is 3. The average Bonchev–Trinajstić information content (AvgIpc) is 2.88. The Hall–Kier alpha value is -1.03. The van der Waals surface area contributed by atoms with Crippen LogP contribution in [-0.2, 0) is 11.3 Å². The van der Waals surface area contributed by atoms with Gasteiger partial charge < -0.3 is 14.6 Å². The molecule has 0 unspecified atom stereocenters. The first-order valence-electron chi connectivity index (χ1n) is 7.76. The molecule has 2 rings (SSSR count). The van der Waals surface area contributed by atoms with Gasteiger partial charge in [-0.1, -0.05) is 32.6 Å². The van der Waals surface area contributed by atoms with E-state index in [2.05, 4.69) is 21.8 Å². The molecule has 1 saturated carbocycles. The molecule has 1 heterocycles. The normalized spacial score (nSPS) is 16.7. The van der Waals surface area contributed by atoms with Gasteiger partial charge in [-0.2, -0.15) is 0 Å². The van der Waals surface area contributed by atoms with Gasteiger partial charge in [0.15, 0.2) is 0 Å². The molecule has 0 radical (unpaired) electrons. The fourth-order valence-corrected chi connectivity index (χ4v) is 2.58. The van der Waals surface area contributed by atoms with Crippen molar-refractivity contribution in [3.05, 3.63) is 12.4 Å². The molecular formula is C15H27N3O. The molecule has 1 fully saturated rings. The van der Waals surface area contributed by atoms with Crippen molar-refractivity contribution in [3.63, 3.8) is 0 Å². The first kappa shape index (κ1) is 14.4. The van der Waals surface area contributed by atoms with Gasteiger partial charge in [0.05, 0.1) is 12.7 Å². The van der Waals surface area contributed by atoms with Crippen LogP contribution in [0.3, 0.4) is 0 Å². The first-order valence-corrected chi connectivity index (χ1v) is 7.76. The van der Waals surface area contributed by atoms with Crippen molar-refractivity contribution in [1.29, 1.82) is 0 Å². The van der Waals surface area contributed by atoms with Crippen LogP contribution in [0.2, 0.25) is 0 Å². The summed E-state index contributed by atoms with van der Waals surface area (Å²) in [6, 6.07) is 0. The fourth-order valence-electron chi connectivity index (χ4n) is 2.58. The van der Waals surface area contributed by atoms with Crippen LogP contribution >= 0.6 is 0 Å². The summed E-state index contributed by atoms with van der Waals surface area (Å²) in [5.41, 5.74) is 0. The molecule has 0 amide bonds. The number of nitrogens with one attached hydrogen (secondary N) is 1. The molecule has 0 aromatic carbocycles. The minimum Gasteiger partial charge on any atom is -0.376 e. The van der Waals surface area contributed by atoms with Crippen LogP contribution < -0.4 is 5.32 Å². The minimum absolute atomic E-state index is 0.494. The minimum atomic E-state index is 0.494. The third kappa shape index (κ3) is 4.86. The van der Waals surface area contributed by atoms with Gasteiger partial charge in [0.25, 0.3) is 0 Å². The third-order valence-corrected chi connectivity index (χ3v) is 3.77. The third-order valence-electron chi connectivity index (χ3n) is 3.77. The van der Waals surface area contributed by atoms with Gasteiger partial charge >= 0.3 is 0 Å². The molecular weight excluding hydrogens is 238 g/mol. The maximum atomic E-state index is 5.96. The van der Waals surface area contributed by atoms with Crippen LogP contribution in [0.15, 0.2) is 12.4 Å². The van der Waals surface area contributed by atoms with E-state index in [0.717, 1.165) is 25.6 Å². The summed E-state index contributed by atoms with van der Waals surface area (Å²) < 4.78 is 8.11. The predicted molar refractivity (Wildman–Crippen MR) is 78.4 cm³/mol. The van der Waals surface area contributed by atoms with E-state index in [0.29, 0.717) is 6.10 Å². The number of hydrogen-bond donors (Lipinski definition) is 1. The monoisotopic (exact) mass is 265 g/mol. The van der Waals surface area contributed by atoms with Crippen molar-refractivity contribution in [2.45, 2.75) is 64.5 Å². The second kappa shape index (κ2) is 8.20. The van der Waals surface area contributed by atoms with Crippen molar-refractivity contribution in [3.8, 4) is 0 Å². The number of anilines is 1. The van der Waals surface area contributed by atoms with Gasteiger partial charge in [-0.25, -0.2) is 4.98 Å². The molecule has 0 bridgehead atoms. The summed E-state index contributed by atoms with van der Waals surface area (Å²) in [7, 11) is 0. The Morgan fingerprint density at radius 1 is 1.37 bits per heavy atom. The number of aromatic nitrogens is 2. The molecule has 1 aromatic heterocycles. The van der Waals surface area contributed by atoms with Crippen LogP contribution in [0.5, 0.6) is 0 Å². The largest absolute Gasteiger partial charge is 0.376 e. The van der Waals surface area contributed by atoms with Crippen molar-refractivity contribution in [1.82, 2.24) is 9.55 Å². The molecule has 0 spiro atoms. The lowest BCUT2D eigenvalue weighted by Gasteiger charge is -2.22. The molecule has 4 nitrogen and oxygen atoms in total. The molecule has 1 aromatic rings. The summed E-state index contributed by atoms with van der Waals surface area (Å²) in [5.74, 6) is 0.973. The van der Waals surface area contributed by atoms with Crippen molar-refractivity contribution >= 4 is 5.95 Å². The Kier molecular flexibility index (Phi) is 6.21. The highest BCUT2D eigenvalue weighted by atomic mass is 16.5. The van der Waals surface area contributed by atoms with Crippen LogP contribution in [0.4, 0.5) is 5.95 Å². The molecule has 0 aliphatic heterocycles. The number of ether oxygens (including phenoxy) is 1. The summed E-state index contributed by atoms with van der Waals surface area (Å²) in [4.78, 5) is 4.35.